The Hall–Kier alpha value is -3.21. The molecule has 3 heterocycles. The molecule has 0 radical (unpaired) electrons. The van der Waals surface area contributed by atoms with Crippen LogP contribution in [0, 0.1) is 23.7 Å². The third kappa shape index (κ3) is 5.92. The maximum atomic E-state index is 13.5. The van der Waals surface area contributed by atoms with Crippen LogP contribution in [0.2, 0.25) is 0 Å². The van der Waals surface area contributed by atoms with Crippen LogP contribution in [0.5, 0.6) is 5.88 Å². The van der Waals surface area contributed by atoms with E-state index < -0.39 is 15.9 Å². The number of ether oxygens (including phenoxy) is 1. The Kier molecular flexibility index (Phi) is 7.20. The van der Waals surface area contributed by atoms with Crippen molar-refractivity contribution in [2.24, 2.45) is 23.8 Å². The Bertz CT molecular complexity index is 1450. The smallest absolute Gasteiger partial charge is 0.267 e. The second-order valence-corrected chi connectivity index (χ2v) is 14.0. The summed E-state index contributed by atoms with van der Waals surface area (Å²) < 4.78 is 37.2. The van der Waals surface area contributed by atoms with E-state index in [2.05, 4.69) is 56.5 Å². The lowest BCUT2D eigenvalue weighted by molar-refractivity contribution is 0.0978. The van der Waals surface area contributed by atoms with Gasteiger partial charge in [-0.25, -0.2) is 22.8 Å². The molecule has 1 unspecified atom stereocenters. The van der Waals surface area contributed by atoms with E-state index in [0.717, 1.165) is 12.8 Å². The van der Waals surface area contributed by atoms with E-state index in [1.807, 2.05) is 0 Å². The van der Waals surface area contributed by atoms with Gasteiger partial charge in [0, 0.05) is 31.4 Å². The molecule has 3 aromatic heterocycles. The molecule has 3 aromatic rings. The lowest BCUT2D eigenvalue weighted by atomic mass is 9.78. The molecule has 11 heteroatoms. The molecule has 206 valence electrons. The highest BCUT2D eigenvalue weighted by atomic mass is 32.2. The monoisotopic (exact) mass is 542 g/mol. The lowest BCUT2D eigenvalue weighted by Crippen LogP contribution is -2.33. The van der Waals surface area contributed by atoms with Gasteiger partial charge >= 0.3 is 0 Å². The molecule has 1 fully saturated rings. The maximum absolute atomic E-state index is 13.5. The van der Waals surface area contributed by atoms with Crippen LogP contribution in [-0.4, -0.2) is 45.5 Å². The van der Waals surface area contributed by atoms with Gasteiger partial charge in [-0.05, 0) is 48.6 Å². The highest BCUT2D eigenvalue weighted by molar-refractivity contribution is 7.90. The average molecular weight is 543 g/mol. The summed E-state index contributed by atoms with van der Waals surface area (Å²) in [5.41, 5.74) is 0.992. The van der Waals surface area contributed by atoms with Gasteiger partial charge in [0.1, 0.15) is 4.90 Å². The Morgan fingerprint density at radius 3 is 2.50 bits per heavy atom. The van der Waals surface area contributed by atoms with Gasteiger partial charge in [-0.3, -0.25) is 9.48 Å². The Morgan fingerprint density at radius 2 is 1.92 bits per heavy atom. The number of carbonyl (C=O) groups excluding carboxylic acids is 1. The minimum Gasteiger partial charge on any atom is -0.476 e. The maximum Gasteiger partial charge on any atom is 0.267 e. The van der Waals surface area contributed by atoms with Gasteiger partial charge in [0.2, 0.25) is 5.88 Å². The van der Waals surface area contributed by atoms with Gasteiger partial charge in [-0.1, -0.05) is 41.5 Å². The highest BCUT2D eigenvalue weighted by Gasteiger charge is 2.42. The van der Waals surface area contributed by atoms with Crippen LogP contribution in [0.15, 0.2) is 35.5 Å². The fourth-order valence-electron chi connectivity index (χ4n) is 5.25. The fourth-order valence-corrected chi connectivity index (χ4v) is 6.44. The number of nitrogens with zero attached hydrogens (tertiary/aromatic N) is 5. The molecule has 1 N–H and O–H groups in total. The Morgan fingerprint density at radius 1 is 1.21 bits per heavy atom. The van der Waals surface area contributed by atoms with Gasteiger partial charge in [-0.2, -0.15) is 5.10 Å². The molecule has 2 atom stereocenters. The SMILES string of the molecule is Cc1nn(C)cc1S(=O)(=O)NC(=O)c1ccc(-n2ccc(OCC(C)(C)C)n2)nc1C1C[C@@H](C)CC1(C)C. The zero-order valence-corrected chi connectivity index (χ0v) is 24.3. The number of pyridine rings is 1. The van der Waals surface area contributed by atoms with Gasteiger partial charge in [0.15, 0.2) is 5.82 Å². The van der Waals surface area contributed by atoms with Crippen molar-refractivity contribution in [3.63, 3.8) is 0 Å². The third-order valence-corrected chi connectivity index (χ3v) is 8.31. The van der Waals surface area contributed by atoms with Crippen LogP contribution >= 0.6 is 0 Å². The molecule has 0 aromatic carbocycles. The van der Waals surface area contributed by atoms with Crippen molar-refractivity contribution in [1.82, 2.24) is 29.3 Å². The number of nitrogens with one attached hydrogen (secondary N) is 1. The number of aromatic nitrogens is 5. The van der Waals surface area contributed by atoms with Crippen LogP contribution in [0.3, 0.4) is 0 Å². The number of amides is 1. The summed E-state index contributed by atoms with van der Waals surface area (Å²) >= 11 is 0. The molecule has 10 nitrogen and oxygen atoms in total. The van der Waals surface area contributed by atoms with E-state index in [-0.39, 0.29) is 27.2 Å². The minimum atomic E-state index is -4.12. The van der Waals surface area contributed by atoms with E-state index in [0.29, 0.717) is 35.6 Å². The highest BCUT2D eigenvalue weighted by Crippen LogP contribution is 2.51. The van der Waals surface area contributed by atoms with E-state index >= 15 is 0 Å². The Labute approximate surface area is 224 Å². The molecule has 1 saturated carbocycles. The first-order valence-corrected chi connectivity index (χ1v) is 14.3. The quantitative estimate of drug-likeness (QED) is 0.470. The van der Waals surface area contributed by atoms with Gasteiger partial charge in [-0.15, -0.1) is 5.10 Å². The standard InChI is InChI=1S/C27H38N6O4S/c1-17-13-20(27(6,7)14-17)24-19(25(34)31-38(35,36)21-15-32(8)29-18(21)2)9-10-22(28-24)33-12-11-23(30-33)37-16-26(3,4)5/h9-12,15,17,20H,13-14,16H2,1-8H3,(H,31,34)/t17-,20?/m1/s1. The molecule has 0 spiro atoms. The van der Waals surface area contributed by atoms with Crippen molar-refractivity contribution in [3.8, 4) is 11.7 Å². The Balaban J connectivity index is 1.71. The summed E-state index contributed by atoms with van der Waals surface area (Å²) in [7, 11) is -2.49. The number of aryl methyl sites for hydroxylation is 2. The topological polar surface area (TPSA) is 121 Å². The summed E-state index contributed by atoms with van der Waals surface area (Å²) in [6.45, 7) is 14.9. The van der Waals surface area contributed by atoms with Crippen molar-refractivity contribution >= 4 is 15.9 Å². The normalized spacial score (nSPS) is 19.5. The fraction of sp³-hybridized carbons (Fsp3) is 0.556. The zero-order valence-electron chi connectivity index (χ0n) is 23.4. The summed E-state index contributed by atoms with van der Waals surface area (Å²) in [4.78, 5) is 18.3. The zero-order chi connectivity index (χ0) is 28.0. The third-order valence-electron chi connectivity index (χ3n) is 6.88. The molecule has 1 aliphatic carbocycles. The number of hydrogen-bond acceptors (Lipinski definition) is 7. The molecule has 38 heavy (non-hydrogen) atoms. The van der Waals surface area contributed by atoms with Crippen molar-refractivity contribution < 1.29 is 17.9 Å². The molecule has 0 aliphatic heterocycles. The molecular formula is C27H38N6O4S. The summed E-state index contributed by atoms with van der Waals surface area (Å²) in [5.74, 6) is 0.710. The van der Waals surface area contributed by atoms with E-state index in [1.165, 1.54) is 10.9 Å². The first-order chi connectivity index (χ1) is 17.6. The number of rotatable bonds is 7. The van der Waals surface area contributed by atoms with Crippen molar-refractivity contribution in [1.29, 1.82) is 0 Å². The van der Waals surface area contributed by atoms with Crippen LogP contribution in [0.4, 0.5) is 0 Å². The summed E-state index contributed by atoms with van der Waals surface area (Å²) in [6.07, 6.45) is 4.97. The minimum absolute atomic E-state index is 0.0103. The molecule has 1 amide bonds. The van der Waals surface area contributed by atoms with Crippen LogP contribution in [0.1, 0.15) is 82.0 Å². The van der Waals surface area contributed by atoms with Crippen molar-refractivity contribution in [2.75, 3.05) is 6.61 Å². The van der Waals surface area contributed by atoms with Gasteiger partial charge < -0.3 is 4.74 Å². The second kappa shape index (κ2) is 9.83. The van der Waals surface area contributed by atoms with Crippen molar-refractivity contribution in [2.45, 2.75) is 72.1 Å². The number of hydrogen-bond donors (Lipinski definition) is 1. The van der Waals surface area contributed by atoms with Crippen molar-refractivity contribution in [3.05, 3.63) is 47.5 Å². The molecule has 0 bridgehead atoms. The molecular weight excluding hydrogens is 504 g/mol. The molecule has 4 rings (SSSR count). The van der Waals surface area contributed by atoms with Crippen LogP contribution < -0.4 is 9.46 Å². The van der Waals surface area contributed by atoms with E-state index in [4.69, 9.17) is 9.72 Å². The van der Waals surface area contributed by atoms with Gasteiger partial charge in [0.05, 0.1) is 23.6 Å². The second-order valence-electron chi connectivity index (χ2n) is 12.3. The van der Waals surface area contributed by atoms with Gasteiger partial charge in [0.25, 0.3) is 15.9 Å². The predicted molar refractivity (Wildman–Crippen MR) is 144 cm³/mol. The van der Waals surface area contributed by atoms with Crippen LogP contribution in [0.25, 0.3) is 5.82 Å². The number of sulfonamides is 1. The lowest BCUT2D eigenvalue weighted by Gasteiger charge is -2.28. The average Bonchev–Trinajstić information content (AvgIpc) is 3.47. The summed E-state index contributed by atoms with van der Waals surface area (Å²) in [6, 6.07) is 5.08. The van der Waals surface area contributed by atoms with E-state index in [9.17, 15) is 13.2 Å². The van der Waals surface area contributed by atoms with E-state index in [1.54, 1.807) is 43.0 Å². The predicted octanol–water partition coefficient (Wildman–Crippen LogP) is 4.39. The largest absolute Gasteiger partial charge is 0.476 e. The molecule has 1 aliphatic rings. The summed E-state index contributed by atoms with van der Waals surface area (Å²) in [5, 5.41) is 8.61. The first-order valence-electron chi connectivity index (χ1n) is 12.8. The first kappa shape index (κ1) is 27.8. The van der Waals surface area contributed by atoms with Crippen LogP contribution in [-0.2, 0) is 17.1 Å². The number of carbonyl (C=O) groups is 1. The molecule has 0 saturated heterocycles.